The van der Waals surface area contributed by atoms with Gasteiger partial charge in [0.15, 0.2) is 0 Å². The predicted octanol–water partition coefficient (Wildman–Crippen LogP) is 1.98. The second-order valence-corrected chi connectivity index (χ2v) is 7.29. The second kappa shape index (κ2) is 6.60. The monoisotopic (exact) mass is 247 g/mol. The zero-order chi connectivity index (χ0) is 12.0. The Morgan fingerprint density at radius 2 is 2.00 bits per heavy atom. The Hall–Kier alpha value is -0.0900. The molecule has 1 rings (SSSR count). The van der Waals surface area contributed by atoms with Crippen LogP contribution in [0.25, 0.3) is 0 Å². The van der Waals surface area contributed by atoms with E-state index >= 15 is 0 Å². The zero-order valence-corrected chi connectivity index (χ0v) is 11.4. The third-order valence-corrected chi connectivity index (χ3v) is 5.33. The molecule has 2 unspecified atom stereocenters. The van der Waals surface area contributed by atoms with Crippen LogP contribution >= 0.6 is 0 Å². The van der Waals surface area contributed by atoms with Gasteiger partial charge in [-0.3, -0.25) is 0 Å². The van der Waals surface area contributed by atoms with Crippen molar-refractivity contribution in [3.63, 3.8) is 0 Å². The van der Waals surface area contributed by atoms with E-state index in [0.29, 0.717) is 11.8 Å². The standard InChI is InChI=1S/C12H25NO2S/c1-3-13-12-8-7-11(10-12)6-5-9-16(14,15)4-2/h11-13H,3-10H2,1-2H3. The lowest BCUT2D eigenvalue weighted by Crippen LogP contribution is -2.25. The summed E-state index contributed by atoms with van der Waals surface area (Å²) in [6.45, 7) is 4.91. The van der Waals surface area contributed by atoms with Gasteiger partial charge in [0.25, 0.3) is 0 Å². The number of hydrogen-bond donors (Lipinski definition) is 1. The van der Waals surface area contributed by atoms with Crippen molar-refractivity contribution < 1.29 is 8.42 Å². The minimum Gasteiger partial charge on any atom is -0.314 e. The van der Waals surface area contributed by atoms with Gasteiger partial charge in [0.2, 0.25) is 0 Å². The highest BCUT2D eigenvalue weighted by Crippen LogP contribution is 2.29. The minimum absolute atomic E-state index is 0.289. The summed E-state index contributed by atoms with van der Waals surface area (Å²) >= 11 is 0. The first-order chi connectivity index (χ1) is 7.57. The van der Waals surface area contributed by atoms with Gasteiger partial charge in [-0.25, -0.2) is 8.42 Å². The van der Waals surface area contributed by atoms with Crippen LogP contribution in [0.15, 0.2) is 0 Å². The molecule has 0 aromatic carbocycles. The molecule has 0 heterocycles. The highest BCUT2D eigenvalue weighted by Gasteiger charge is 2.23. The van der Waals surface area contributed by atoms with Gasteiger partial charge >= 0.3 is 0 Å². The van der Waals surface area contributed by atoms with Gasteiger partial charge in [0.05, 0.1) is 5.75 Å². The van der Waals surface area contributed by atoms with Crippen LogP contribution in [0.2, 0.25) is 0 Å². The maximum atomic E-state index is 11.3. The molecule has 1 aliphatic rings. The molecule has 0 spiro atoms. The summed E-state index contributed by atoms with van der Waals surface area (Å²) in [6, 6.07) is 0.679. The fourth-order valence-electron chi connectivity index (χ4n) is 2.55. The van der Waals surface area contributed by atoms with E-state index < -0.39 is 9.84 Å². The van der Waals surface area contributed by atoms with E-state index in [9.17, 15) is 8.42 Å². The minimum atomic E-state index is -2.75. The second-order valence-electron chi connectivity index (χ2n) is 4.81. The molecular weight excluding hydrogens is 222 g/mol. The van der Waals surface area contributed by atoms with Crippen molar-refractivity contribution in [3.8, 4) is 0 Å². The molecule has 1 aliphatic carbocycles. The van der Waals surface area contributed by atoms with Crippen molar-refractivity contribution in [3.05, 3.63) is 0 Å². The molecule has 4 heteroatoms. The van der Waals surface area contributed by atoms with E-state index in [4.69, 9.17) is 0 Å². The Labute approximate surface area is 99.9 Å². The largest absolute Gasteiger partial charge is 0.314 e. The van der Waals surface area contributed by atoms with Crippen molar-refractivity contribution in [2.75, 3.05) is 18.1 Å². The summed E-state index contributed by atoms with van der Waals surface area (Å²) in [5, 5.41) is 3.47. The lowest BCUT2D eigenvalue weighted by Gasteiger charge is -2.11. The Kier molecular flexibility index (Phi) is 5.76. The highest BCUT2D eigenvalue weighted by atomic mass is 32.2. The predicted molar refractivity (Wildman–Crippen MR) is 68.4 cm³/mol. The average molecular weight is 247 g/mol. The van der Waals surface area contributed by atoms with Crippen LogP contribution in [0.1, 0.15) is 46.0 Å². The third-order valence-electron chi connectivity index (χ3n) is 3.54. The molecule has 0 bridgehead atoms. The van der Waals surface area contributed by atoms with Gasteiger partial charge in [-0.2, -0.15) is 0 Å². The normalized spacial score (nSPS) is 26.1. The first-order valence-corrected chi connectivity index (χ1v) is 8.33. The Morgan fingerprint density at radius 3 is 2.62 bits per heavy atom. The van der Waals surface area contributed by atoms with E-state index in [1.54, 1.807) is 6.92 Å². The lowest BCUT2D eigenvalue weighted by atomic mass is 10.0. The molecule has 2 atom stereocenters. The summed E-state index contributed by atoms with van der Waals surface area (Å²) < 4.78 is 22.7. The van der Waals surface area contributed by atoms with Gasteiger partial charge in [-0.15, -0.1) is 0 Å². The molecule has 1 saturated carbocycles. The summed E-state index contributed by atoms with van der Waals surface area (Å²) in [5.41, 5.74) is 0. The maximum Gasteiger partial charge on any atom is 0.150 e. The molecule has 0 saturated heterocycles. The van der Waals surface area contributed by atoms with Crippen LogP contribution in [0.4, 0.5) is 0 Å². The fourth-order valence-corrected chi connectivity index (χ4v) is 3.44. The lowest BCUT2D eigenvalue weighted by molar-refractivity contribution is 0.464. The topological polar surface area (TPSA) is 46.2 Å². The van der Waals surface area contributed by atoms with E-state index in [1.807, 2.05) is 0 Å². The van der Waals surface area contributed by atoms with E-state index in [1.165, 1.54) is 19.3 Å². The van der Waals surface area contributed by atoms with E-state index in [0.717, 1.165) is 25.3 Å². The zero-order valence-electron chi connectivity index (χ0n) is 10.5. The van der Waals surface area contributed by atoms with Crippen molar-refractivity contribution in [2.24, 2.45) is 5.92 Å². The molecule has 3 nitrogen and oxygen atoms in total. The van der Waals surface area contributed by atoms with Crippen LogP contribution in [0, 0.1) is 5.92 Å². The van der Waals surface area contributed by atoms with E-state index in [2.05, 4.69) is 12.2 Å². The first-order valence-electron chi connectivity index (χ1n) is 6.51. The van der Waals surface area contributed by atoms with E-state index in [-0.39, 0.29) is 5.75 Å². The summed E-state index contributed by atoms with van der Waals surface area (Å²) in [6.07, 6.45) is 5.70. The van der Waals surface area contributed by atoms with Crippen LogP contribution in [-0.2, 0) is 9.84 Å². The molecule has 16 heavy (non-hydrogen) atoms. The summed E-state index contributed by atoms with van der Waals surface area (Å²) in [4.78, 5) is 0. The molecule has 0 amide bonds. The van der Waals surface area contributed by atoms with Gasteiger partial charge in [-0.05, 0) is 44.6 Å². The Bertz CT molecular complexity index is 287. The molecule has 0 aromatic rings. The van der Waals surface area contributed by atoms with Crippen molar-refractivity contribution >= 4 is 9.84 Å². The van der Waals surface area contributed by atoms with Gasteiger partial charge in [0, 0.05) is 11.8 Å². The van der Waals surface area contributed by atoms with Crippen LogP contribution in [0.3, 0.4) is 0 Å². The van der Waals surface area contributed by atoms with Crippen molar-refractivity contribution in [1.29, 1.82) is 0 Å². The van der Waals surface area contributed by atoms with Crippen molar-refractivity contribution in [2.45, 2.75) is 52.0 Å². The molecule has 1 N–H and O–H groups in total. The Balaban J connectivity index is 2.16. The van der Waals surface area contributed by atoms with Crippen LogP contribution in [0.5, 0.6) is 0 Å². The van der Waals surface area contributed by atoms with Gasteiger partial charge in [-0.1, -0.05) is 13.8 Å². The molecule has 1 fully saturated rings. The quantitative estimate of drug-likeness (QED) is 0.748. The number of nitrogens with one attached hydrogen (secondary N) is 1. The number of hydrogen-bond acceptors (Lipinski definition) is 3. The molecule has 0 aromatic heterocycles. The summed E-state index contributed by atoms with van der Waals surface area (Å²) in [7, 11) is -2.75. The molecule has 0 aliphatic heterocycles. The van der Waals surface area contributed by atoms with Gasteiger partial charge < -0.3 is 5.32 Å². The third kappa shape index (κ3) is 4.83. The Morgan fingerprint density at radius 1 is 1.25 bits per heavy atom. The van der Waals surface area contributed by atoms with Crippen molar-refractivity contribution in [1.82, 2.24) is 5.32 Å². The molecule has 0 radical (unpaired) electrons. The highest BCUT2D eigenvalue weighted by molar-refractivity contribution is 7.91. The van der Waals surface area contributed by atoms with Gasteiger partial charge in [0.1, 0.15) is 9.84 Å². The van der Waals surface area contributed by atoms with Crippen LogP contribution in [-0.4, -0.2) is 32.5 Å². The summed E-state index contributed by atoms with van der Waals surface area (Å²) in [5.74, 6) is 1.42. The number of rotatable bonds is 7. The fraction of sp³-hybridized carbons (Fsp3) is 1.00. The van der Waals surface area contributed by atoms with Crippen LogP contribution < -0.4 is 5.32 Å². The average Bonchev–Trinajstić information content (AvgIpc) is 2.66. The SMILES string of the molecule is CCNC1CCC(CCCS(=O)(=O)CC)C1. The molecule has 96 valence electrons. The smallest absolute Gasteiger partial charge is 0.150 e. The number of sulfone groups is 1. The molecular formula is C12H25NO2S. The maximum absolute atomic E-state index is 11.3. The first kappa shape index (κ1) is 14.0.